The van der Waals surface area contributed by atoms with E-state index in [9.17, 15) is 4.79 Å². The predicted octanol–water partition coefficient (Wildman–Crippen LogP) is 1.60. The number of benzene rings is 1. The van der Waals surface area contributed by atoms with E-state index in [0.29, 0.717) is 10.7 Å². The number of nitrogens with two attached hydrogens (primary N) is 1. The summed E-state index contributed by atoms with van der Waals surface area (Å²) in [7, 11) is 0. The largest absolute Gasteiger partial charge is 0.375 e. The third kappa shape index (κ3) is 2.65. The summed E-state index contributed by atoms with van der Waals surface area (Å²) in [5.74, 6) is 0.918. The highest BCUT2D eigenvalue weighted by atomic mass is 32.1. The third-order valence-corrected chi connectivity index (χ3v) is 5.08. The molecule has 8 heteroatoms. The molecule has 118 valence electrons. The predicted molar refractivity (Wildman–Crippen MR) is 88.2 cm³/mol. The van der Waals surface area contributed by atoms with Gasteiger partial charge in [0, 0.05) is 19.0 Å². The average molecular weight is 328 g/mol. The van der Waals surface area contributed by atoms with E-state index in [4.69, 9.17) is 5.73 Å². The molecule has 3 heterocycles. The van der Waals surface area contributed by atoms with Crippen LogP contribution in [0.1, 0.15) is 29.0 Å². The molecule has 0 aliphatic carbocycles. The Morgan fingerprint density at radius 3 is 3.22 bits per heavy atom. The van der Waals surface area contributed by atoms with Crippen molar-refractivity contribution in [3.8, 4) is 0 Å². The number of aromatic nitrogens is 4. The van der Waals surface area contributed by atoms with Gasteiger partial charge in [-0.2, -0.15) is 0 Å². The van der Waals surface area contributed by atoms with Crippen LogP contribution >= 0.6 is 11.3 Å². The van der Waals surface area contributed by atoms with Crippen LogP contribution in [0.2, 0.25) is 0 Å². The molecule has 1 aliphatic rings. The molecule has 0 spiro atoms. The first kappa shape index (κ1) is 14.1. The van der Waals surface area contributed by atoms with Gasteiger partial charge < -0.3 is 15.6 Å². The topological polar surface area (TPSA) is 98.7 Å². The van der Waals surface area contributed by atoms with Crippen molar-refractivity contribution in [2.24, 2.45) is 0 Å². The standard InChI is InChI=1S/C15H16N6OS/c16-15-19-11-3-1-2-10(13(11)23-15)14(22)18-9-4-5-12-20-17-8-21(12)7-6-9/h1-3,8-9H,4-7H2,(H2,16,19)(H,18,22). The van der Waals surface area contributed by atoms with Gasteiger partial charge in [0.05, 0.1) is 15.8 Å². The van der Waals surface area contributed by atoms with Crippen molar-refractivity contribution < 1.29 is 4.79 Å². The summed E-state index contributed by atoms with van der Waals surface area (Å²) in [6.45, 7) is 0.824. The van der Waals surface area contributed by atoms with E-state index in [0.717, 1.165) is 41.8 Å². The highest BCUT2D eigenvalue weighted by molar-refractivity contribution is 7.22. The zero-order valence-electron chi connectivity index (χ0n) is 12.4. The number of carbonyl (C=O) groups excluding carboxylic acids is 1. The van der Waals surface area contributed by atoms with Crippen molar-refractivity contribution >= 4 is 32.6 Å². The Balaban J connectivity index is 1.52. The molecule has 4 rings (SSSR count). The molecule has 1 atom stereocenters. The molecule has 1 aromatic carbocycles. The van der Waals surface area contributed by atoms with Crippen molar-refractivity contribution in [2.45, 2.75) is 31.8 Å². The van der Waals surface area contributed by atoms with Crippen LogP contribution in [0, 0.1) is 0 Å². The Kier molecular flexibility index (Phi) is 3.45. The molecule has 1 aliphatic heterocycles. The maximum absolute atomic E-state index is 12.7. The fraction of sp³-hybridized carbons (Fsp3) is 0.333. The van der Waals surface area contributed by atoms with E-state index in [1.165, 1.54) is 11.3 Å². The van der Waals surface area contributed by atoms with Gasteiger partial charge in [-0.1, -0.05) is 17.4 Å². The summed E-state index contributed by atoms with van der Waals surface area (Å²) in [4.78, 5) is 16.9. The van der Waals surface area contributed by atoms with Gasteiger partial charge in [0.2, 0.25) is 0 Å². The summed E-state index contributed by atoms with van der Waals surface area (Å²) in [5.41, 5.74) is 7.17. The Labute approximate surface area is 136 Å². The number of thiazole rings is 1. The number of aryl methyl sites for hydroxylation is 2. The van der Waals surface area contributed by atoms with E-state index in [1.807, 2.05) is 18.2 Å². The molecule has 3 N–H and O–H groups in total. The molecule has 23 heavy (non-hydrogen) atoms. The van der Waals surface area contributed by atoms with Crippen LogP contribution in [-0.2, 0) is 13.0 Å². The number of rotatable bonds is 2. The number of nitrogen functional groups attached to an aromatic ring is 1. The lowest BCUT2D eigenvalue weighted by atomic mass is 10.1. The Morgan fingerprint density at radius 2 is 2.30 bits per heavy atom. The van der Waals surface area contributed by atoms with Crippen molar-refractivity contribution in [1.82, 2.24) is 25.1 Å². The first-order chi connectivity index (χ1) is 11.2. The van der Waals surface area contributed by atoms with Gasteiger partial charge in [-0.25, -0.2) is 4.98 Å². The summed E-state index contributed by atoms with van der Waals surface area (Å²) in [6, 6.07) is 5.66. The van der Waals surface area contributed by atoms with Crippen molar-refractivity contribution in [3.63, 3.8) is 0 Å². The molecule has 0 radical (unpaired) electrons. The van der Waals surface area contributed by atoms with Gasteiger partial charge in [-0.15, -0.1) is 10.2 Å². The lowest BCUT2D eigenvalue weighted by Crippen LogP contribution is -2.35. The molecule has 0 bridgehead atoms. The molecule has 0 saturated heterocycles. The van der Waals surface area contributed by atoms with Gasteiger partial charge in [0.1, 0.15) is 12.2 Å². The molecule has 1 unspecified atom stereocenters. The second-order valence-corrected chi connectivity index (χ2v) is 6.67. The van der Waals surface area contributed by atoms with Gasteiger partial charge in [-0.05, 0) is 25.0 Å². The number of nitrogens with one attached hydrogen (secondary N) is 1. The zero-order chi connectivity index (χ0) is 15.8. The number of carbonyl (C=O) groups is 1. The van der Waals surface area contributed by atoms with E-state index in [2.05, 4.69) is 25.1 Å². The quantitative estimate of drug-likeness (QED) is 0.744. The first-order valence-electron chi connectivity index (χ1n) is 7.53. The number of anilines is 1. The van der Waals surface area contributed by atoms with Crippen LogP contribution in [0.3, 0.4) is 0 Å². The number of hydrogen-bond donors (Lipinski definition) is 2. The molecule has 0 saturated carbocycles. The Hall–Kier alpha value is -2.48. The highest BCUT2D eigenvalue weighted by Crippen LogP contribution is 2.27. The van der Waals surface area contributed by atoms with Crippen LogP contribution in [-0.4, -0.2) is 31.7 Å². The van der Waals surface area contributed by atoms with Gasteiger partial charge in [0.25, 0.3) is 5.91 Å². The zero-order valence-corrected chi connectivity index (χ0v) is 13.2. The average Bonchev–Trinajstić information content (AvgIpc) is 3.10. The highest BCUT2D eigenvalue weighted by Gasteiger charge is 2.21. The van der Waals surface area contributed by atoms with Crippen molar-refractivity contribution in [1.29, 1.82) is 0 Å². The smallest absolute Gasteiger partial charge is 0.253 e. The number of hydrogen-bond acceptors (Lipinski definition) is 6. The Morgan fingerprint density at radius 1 is 1.39 bits per heavy atom. The van der Waals surface area contributed by atoms with Crippen LogP contribution in [0.4, 0.5) is 5.13 Å². The minimum absolute atomic E-state index is 0.0677. The number of nitrogens with zero attached hydrogens (tertiary/aromatic N) is 4. The summed E-state index contributed by atoms with van der Waals surface area (Å²) < 4.78 is 2.89. The van der Waals surface area contributed by atoms with E-state index in [1.54, 1.807) is 6.33 Å². The molecule has 1 amide bonds. The van der Waals surface area contributed by atoms with Crippen LogP contribution in [0.5, 0.6) is 0 Å². The van der Waals surface area contributed by atoms with Gasteiger partial charge >= 0.3 is 0 Å². The molecule has 0 fully saturated rings. The van der Waals surface area contributed by atoms with Crippen LogP contribution in [0.25, 0.3) is 10.2 Å². The summed E-state index contributed by atoms with van der Waals surface area (Å²) in [6.07, 6.45) is 4.31. The molecule has 7 nitrogen and oxygen atoms in total. The summed E-state index contributed by atoms with van der Waals surface area (Å²) in [5, 5.41) is 11.7. The number of fused-ring (bicyclic) bond motifs is 2. The lowest BCUT2D eigenvalue weighted by molar-refractivity contribution is 0.0935. The van der Waals surface area contributed by atoms with E-state index < -0.39 is 0 Å². The van der Waals surface area contributed by atoms with E-state index >= 15 is 0 Å². The van der Waals surface area contributed by atoms with Crippen LogP contribution in [0.15, 0.2) is 24.5 Å². The lowest BCUT2D eigenvalue weighted by Gasteiger charge is -2.16. The maximum atomic E-state index is 12.7. The SMILES string of the molecule is Nc1nc2cccc(C(=O)NC3CCc4nncn4CC3)c2s1. The normalized spacial score (nSPS) is 17.7. The van der Waals surface area contributed by atoms with E-state index in [-0.39, 0.29) is 11.9 Å². The van der Waals surface area contributed by atoms with Crippen LogP contribution < -0.4 is 11.1 Å². The van der Waals surface area contributed by atoms with Gasteiger partial charge in [-0.3, -0.25) is 4.79 Å². The minimum atomic E-state index is -0.0677. The first-order valence-corrected chi connectivity index (χ1v) is 8.35. The van der Waals surface area contributed by atoms with Crippen molar-refractivity contribution in [2.75, 3.05) is 5.73 Å². The third-order valence-electron chi connectivity index (χ3n) is 4.14. The molecular formula is C15H16N6OS. The molecule has 2 aromatic heterocycles. The fourth-order valence-electron chi connectivity index (χ4n) is 2.95. The van der Waals surface area contributed by atoms with Crippen molar-refractivity contribution in [3.05, 3.63) is 35.9 Å². The minimum Gasteiger partial charge on any atom is -0.375 e. The fourth-order valence-corrected chi connectivity index (χ4v) is 3.80. The molecule has 3 aromatic rings. The second kappa shape index (κ2) is 5.62. The maximum Gasteiger partial charge on any atom is 0.253 e. The van der Waals surface area contributed by atoms with Gasteiger partial charge in [0.15, 0.2) is 5.13 Å². The second-order valence-electron chi connectivity index (χ2n) is 5.64. The monoisotopic (exact) mass is 328 g/mol. The molecular weight excluding hydrogens is 312 g/mol. The summed E-state index contributed by atoms with van der Waals surface area (Å²) >= 11 is 1.35. The Bertz CT molecular complexity index is 847. The number of amides is 1.